The Morgan fingerprint density at radius 3 is 2.83 bits per heavy atom. The molecule has 5 nitrogen and oxygen atoms in total. The van der Waals surface area contributed by atoms with Crippen LogP contribution in [0.5, 0.6) is 0 Å². The van der Waals surface area contributed by atoms with E-state index >= 15 is 0 Å². The molecule has 2 atom stereocenters. The molecule has 1 aliphatic heterocycles. The number of aliphatic hydroxyl groups is 1. The van der Waals surface area contributed by atoms with Crippen LogP contribution in [-0.2, 0) is 11.2 Å². The molecule has 128 valence electrons. The summed E-state index contributed by atoms with van der Waals surface area (Å²) < 4.78 is 8.24. The molecule has 1 aliphatic carbocycles. The molecule has 4 rings (SSSR count). The normalized spacial score (nSPS) is 26.3. The standard InChI is InChI=1S/C16H16N2O2.C3H8O/c1-18-8-10(16(19)20)5-12-11-3-2-4-13-15(11)9(7-17-13)6-14(12)18;1-3(2)4/h2-5,7,10,14,17H,6,8H2,1H3,(H,19,20);3-4H,1-2H3/t10-,14+;/m1./s1/i10D;. The summed E-state index contributed by atoms with van der Waals surface area (Å²) in [4.78, 5) is 16.7. The Bertz CT molecular complexity index is 840. The number of carboxylic acids is 1. The van der Waals surface area contributed by atoms with Crippen LogP contribution in [0.25, 0.3) is 16.5 Å². The van der Waals surface area contributed by atoms with Gasteiger partial charge in [0.05, 0.1) is 5.89 Å². The van der Waals surface area contributed by atoms with Crippen LogP contribution in [0.3, 0.4) is 0 Å². The van der Waals surface area contributed by atoms with Gasteiger partial charge in [-0.1, -0.05) is 18.2 Å². The van der Waals surface area contributed by atoms with Crippen LogP contribution < -0.4 is 0 Å². The molecule has 1 aromatic heterocycles. The first kappa shape index (κ1) is 15.4. The van der Waals surface area contributed by atoms with Gasteiger partial charge in [0, 0.05) is 37.2 Å². The SMILES string of the molecule is CC(C)O.[2H][C@@]1(C(=O)O)C=C2c3cccc4[nH]cc(c34)C[C@@H]2N(C)C1. The zero-order valence-corrected chi connectivity index (χ0v) is 14.2. The number of nitrogens with zero attached hydrogens (tertiary/aromatic N) is 1. The number of aromatic nitrogens is 1. The Labute approximate surface area is 143 Å². The average molecular weight is 329 g/mol. The van der Waals surface area contributed by atoms with Gasteiger partial charge in [0.2, 0.25) is 0 Å². The molecule has 24 heavy (non-hydrogen) atoms. The molecule has 0 saturated heterocycles. The zero-order valence-electron chi connectivity index (χ0n) is 15.2. The van der Waals surface area contributed by atoms with Crippen molar-refractivity contribution in [2.75, 3.05) is 13.6 Å². The molecule has 0 bridgehead atoms. The average Bonchev–Trinajstić information content (AvgIpc) is 2.93. The highest BCUT2D eigenvalue weighted by molar-refractivity contribution is 5.99. The van der Waals surface area contributed by atoms with Crippen molar-refractivity contribution in [1.29, 1.82) is 0 Å². The number of aliphatic hydroxyl groups excluding tert-OH is 1. The highest BCUT2D eigenvalue weighted by Crippen LogP contribution is 2.40. The number of aromatic amines is 1. The van der Waals surface area contributed by atoms with Gasteiger partial charge in [-0.05, 0) is 50.1 Å². The van der Waals surface area contributed by atoms with Gasteiger partial charge in [-0.25, -0.2) is 0 Å². The number of fused-ring (bicyclic) bond motifs is 2. The van der Waals surface area contributed by atoms with E-state index in [1.165, 1.54) is 10.9 Å². The highest BCUT2D eigenvalue weighted by atomic mass is 16.4. The fourth-order valence-electron chi connectivity index (χ4n) is 3.46. The maximum Gasteiger partial charge on any atom is 0.311 e. The maximum atomic E-state index is 11.5. The topological polar surface area (TPSA) is 76.6 Å². The number of nitrogens with one attached hydrogen (secondary N) is 1. The molecule has 0 unspecified atom stereocenters. The predicted molar refractivity (Wildman–Crippen MR) is 94.9 cm³/mol. The Morgan fingerprint density at radius 2 is 2.17 bits per heavy atom. The molecule has 0 amide bonds. The molecule has 0 radical (unpaired) electrons. The van der Waals surface area contributed by atoms with Crippen molar-refractivity contribution in [1.82, 2.24) is 9.88 Å². The van der Waals surface area contributed by atoms with Crippen molar-refractivity contribution in [3.8, 4) is 0 Å². The molecule has 2 aromatic rings. The minimum Gasteiger partial charge on any atom is -0.481 e. The van der Waals surface area contributed by atoms with E-state index < -0.39 is 11.9 Å². The van der Waals surface area contributed by atoms with Crippen LogP contribution in [0.1, 0.15) is 26.3 Å². The van der Waals surface area contributed by atoms with Crippen LogP contribution in [0.15, 0.2) is 30.5 Å². The smallest absolute Gasteiger partial charge is 0.311 e. The lowest BCUT2D eigenvalue weighted by atomic mass is 9.80. The van der Waals surface area contributed by atoms with Crippen molar-refractivity contribution in [3.63, 3.8) is 0 Å². The van der Waals surface area contributed by atoms with Crippen LogP contribution in [0, 0.1) is 5.89 Å². The number of carboxylic acid groups (broad SMARTS) is 1. The van der Waals surface area contributed by atoms with Gasteiger partial charge in [0.25, 0.3) is 0 Å². The lowest BCUT2D eigenvalue weighted by Crippen LogP contribution is -2.44. The van der Waals surface area contributed by atoms with Gasteiger partial charge in [0.15, 0.2) is 0 Å². The second kappa shape index (κ2) is 6.42. The number of likely N-dealkylation sites (N-methyl/N-ethyl adjacent to an activating group) is 1. The van der Waals surface area contributed by atoms with Gasteiger partial charge < -0.3 is 15.2 Å². The summed E-state index contributed by atoms with van der Waals surface area (Å²) in [5, 5.41) is 18.6. The summed E-state index contributed by atoms with van der Waals surface area (Å²) in [6.07, 6.45) is 4.37. The number of carbonyl (C=O) groups is 1. The fraction of sp³-hybridized carbons (Fsp3) is 0.421. The van der Waals surface area contributed by atoms with Crippen molar-refractivity contribution < 1.29 is 16.4 Å². The third-order valence-corrected chi connectivity index (χ3v) is 4.43. The molecular formula is C19H24N2O3. The number of hydrogen-bond donors (Lipinski definition) is 3. The van der Waals surface area contributed by atoms with Crippen molar-refractivity contribution in [2.45, 2.75) is 32.4 Å². The molecule has 0 saturated carbocycles. The monoisotopic (exact) mass is 329 g/mol. The summed E-state index contributed by atoms with van der Waals surface area (Å²) in [6, 6.07) is 6.18. The number of aliphatic carboxylic acids is 1. The Morgan fingerprint density at radius 1 is 1.46 bits per heavy atom. The quantitative estimate of drug-likeness (QED) is 0.751. The molecule has 2 aliphatic rings. The second-order valence-electron chi connectivity index (χ2n) is 6.70. The van der Waals surface area contributed by atoms with E-state index in [0.717, 1.165) is 23.1 Å². The predicted octanol–water partition coefficient (Wildman–Crippen LogP) is 2.51. The fourth-order valence-corrected chi connectivity index (χ4v) is 3.46. The number of benzene rings is 1. The molecule has 3 N–H and O–H groups in total. The van der Waals surface area contributed by atoms with Crippen molar-refractivity contribution >= 4 is 22.4 Å². The van der Waals surface area contributed by atoms with Crippen molar-refractivity contribution in [2.24, 2.45) is 5.89 Å². The molecular weight excluding hydrogens is 304 g/mol. The summed E-state index contributed by atoms with van der Waals surface area (Å²) in [6.45, 7) is 3.66. The number of hydrogen-bond acceptors (Lipinski definition) is 3. The van der Waals surface area contributed by atoms with E-state index in [9.17, 15) is 9.90 Å². The van der Waals surface area contributed by atoms with Gasteiger partial charge in [-0.3, -0.25) is 9.69 Å². The maximum absolute atomic E-state index is 11.5. The number of rotatable bonds is 1. The third kappa shape index (κ3) is 2.97. The van der Waals surface area contributed by atoms with Crippen molar-refractivity contribution in [3.05, 3.63) is 41.6 Å². The lowest BCUT2D eigenvalue weighted by molar-refractivity contribution is -0.140. The van der Waals surface area contributed by atoms with E-state index in [4.69, 9.17) is 6.48 Å². The summed E-state index contributed by atoms with van der Waals surface area (Å²) >= 11 is 0. The van der Waals surface area contributed by atoms with Gasteiger partial charge in [0.1, 0.15) is 0 Å². The highest BCUT2D eigenvalue weighted by Gasteiger charge is 2.35. The van der Waals surface area contributed by atoms with Gasteiger partial charge >= 0.3 is 5.97 Å². The third-order valence-electron chi connectivity index (χ3n) is 4.43. The molecule has 1 aromatic carbocycles. The van der Waals surface area contributed by atoms with Gasteiger partial charge in [-0.2, -0.15) is 0 Å². The lowest BCUT2D eigenvalue weighted by Gasteiger charge is -2.38. The van der Waals surface area contributed by atoms with Crippen LogP contribution in [-0.4, -0.2) is 51.8 Å². The van der Waals surface area contributed by atoms with E-state index in [1.54, 1.807) is 19.9 Å². The molecule has 0 fully saturated rings. The summed E-state index contributed by atoms with van der Waals surface area (Å²) in [7, 11) is 1.90. The molecule has 5 heteroatoms. The first-order valence-electron chi connectivity index (χ1n) is 8.67. The van der Waals surface area contributed by atoms with Gasteiger partial charge in [-0.15, -0.1) is 0 Å². The van der Waals surface area contributed by atoms with E-state index in [1.807, 2.05) is 36.3 Å². The Kier molecular flexibility index (Phi) is 4.12. The second-order valence-corrected chi connectivity index (χ2v) is 6.70. The first-order chi connectivity index (χ1) is 11.7. The molecule has 2 heterocycles. The van der Waals surface area contributed by atoms with Crippen LogP contribution in [0.4, 0.5) is 0 Å². The molecule has 0 spiro atoms. The Balaban J connectivity index is 0.000000415. The van der Waals surface area contributed by atoms with Crippen LogP contribution in [0.2, 0.25) is 0 Å². The Hall–Kier alpha value is -2.11. The zero-order chi connectivity index (χ0) is 18.4. The minimum atomic E-state index is -1.57. The minimum absolute atomic E-state index is 0.150. The van der Waals surface area contributed by atoms with E-state index in [2.05, 4.69) is 4.98 Å². The van der Waals surface area contributed by atoms with Crippen LogP contribution >= 0.6 is 0 Å². The van der Waals surface area contributed by atoms with E-state index in [0.29, 0.717) is 0 Å². The number of H-pyrrole nitrogens is 1. The summed E-state index contributed by atoms with van der Waals surface area (Å²) in [5.74, 6) is -2.66. The summed E-state index contributed by atoms with van der Waals surface area (Å²) in [5.41, 5.74) is 4.37. The van der Waals surface area contributed by atoms with E-state index in [-0.39, 0.29) is 18.7 Å². The first-order valence-corrected chi connectivity index (χ1v) is 8.17. The largest absolute Gasteiger partial charge is 0.481 e.